The molecule has 2 N–H and O–H groups in total. The van der Waals surface area contributed by atoms with Crippen LogP contribution in [0.5, 0.6) is 0 Å². The van der Waals surface area contributed by atoms with Crippen LogP contribution in [0.2, 0.25) is 0 Å². The molecule has 0 saturated heterocycles. The van der Waals surface area contributed by atoms with E-state index in [1.807, 2.05) is 12.1 Å². The fraction of sp³-hybridized carbons (Fsp3) is 0.400. The molecule has 0 unspecified atom stereocenters. The van der Waals surface area contributed by atoms with Crippen molar-refractivity contribution in [2.24, 2.45) is 20.8 Å². The van der Waals surface area contributed by atoms with Gasteiger partial charge in [0.15, 0.2) is 0 Å². The van der Waals surface area contributed by atoms with E-state index in [1.54, 1.807) is 0 Å². The van der Waals surface area contributed by atoms with Crippen molar-refractivity contribution in [2.45, 2.75) is 54.6 Å². The lowest BCUT2D eigenvalue weighted by molar-refractivity contribution is 0.386. The maximum absolute atomic E-state index is 4.98. The van der Waals surface area contributed by atoms with Crippen LogP contribution in [0.25, 0.3) is 0 Å². The van der Waals surface area contributed by atoms with Crippen LogP contribution in [-0.4, -0.2) is 24.5 Å². The highest BCUT2D eigenvalue weighted by Gasteiger charge is 2.21. The van der Waals surface area contributed by atoms with Gasteiger partial charge in [0, 0.05) is 13.1 Å². The number of rotatable bonds is 8. The monoisotopic (exact) mass is 456 g/mol. The third kappa shape index (κ3) is 8.66. The van der Waals surface area contributed by atoms with E-state index in [-0.39, 0.29) is 10.8 Å². The molecule has 1 aliphatic carbocycles. The third-order valence-corrected chi connectivity index (χ3v) is 5.28. The van der Waals surface area contributed by atoms with Crippen LogP contribution in [0.15, 0.2) is 94.2 Å². The first-order valence-electron chi connectivity index (χ1n) is 12.2. The molecule has 1 aliphatic rings. The molecule has 0 atom stereocenters. The smallest absolute Gasteiger partial charge is 0.0852 e. The van der Waals surface area contributed by atoms with Gasteiger partial charge >= 0.3 is 0 Å². The molecule has 0 fully saturated rings. The molecule has 4 heteroatoms. The average Bonchev–Trinajstić information content (AvgIpc) is 2.79. The first-order valence-corrected chi connectivity index (χ1v) is 12.2. The summed E-state index contributed by atoms with van der Waals surface area (Å²) < 4.78 is 0. The van der Waals surface area contributed by atoms with Gasteiger partial charge < -0.3 is 10.6 Å². The second-order valence-electron chi connectivity index (χ2n) is 11.3. The molecule has 0 radical (unpaired) electrons. The van der Waals surface area contributed by atoms with E-state index in [0.29, 0.717) is 13.1 Å². The van der Waals surface area contributed by atoms with Crippen molar-refractivity contribution >= 4 is 11.4 Å². The van der Waals surface area contributed by atoms with E-state index < -0.39 is 0 Å². The number of nitrogens with one attached hydrogen (secondary N) is 2. The number of hydrogen-bond donors (Lipinski definition) is 2. The molecule has 2 aromatic rings. The van der Waals surface area contributed by atoms with E-state index in [1.165, 1.54) is 11.1 Å². The first-order chi connectivity index (χ1) is 16.1. The summed E-state index contributed by atoms with van der Waals surface area (Å²) in [6.07, 6.45) is 4.31. The van der Waals surface area contributed by atoms with Gasteiger partial charge in [0.1, 0.15) is 0 Å². The van der Waals surface area contributed by atoms with Crippen LogP contribution in [0, 0.1) is 10.8 Å². The minimum atomic E-state index is 0.166. The molecule has 2 aromatic carbocycles. The van der Waals surface area contributed by atoms with Crippen LogP contribution in [0.4, 0.5) is 0 Å². The van der Waals surface area contributed by atoms with Crippen molar-refractivity contribution in [1.82, 2.24) is 10.6 Å². The second kappa shape index (κ2) is 11.3. The summed E-state index contributed by atoms with van der Waals surface area (Å²) in [4.78, 5) is 9.96. The van der Waals surface area contributed by atoms with Crippen LogP contribution >= 0.6 is 0 Å². The highest BCUT2D eigenvalue weighted by atomic mass is 15.0. The van der Waals surface area contributed by atoms with Gasteiger partial charge in [-0.1, -0.05) is 102 Å². The lowest BCUT2D eigenvalue weighted by atomic mass is 9.95. The van der Waals surface area contributed by atoms with Gasteiger partial charge in [-0.15, -0.1) is 0 Å². The Hall–Kier alpha value is -3.14. The largest absolute Gasteiger partial charge is 0.383 e. The zero-order chi connectivity index (χ0) is 24.6. The van der Waals surface area contributed by atoms with Crippen molar-refractivity contribution in [1.29, 1.82) is 0 Å². The molecule has 0 saturated carbocycles. The molecule has 0 heterocycles. The Kier molecular flexibility index (Phi) is 8.49. The summed E-state index contributed by atoms with van der Waals surface area (Å²) >= 11 is 0. The Labute approximate surface area is 206 Å². The second-order valence-corrected chi connectivity index (χ2v) is 11.3. The van der Waals surface area contributed by atoms with Crippen molar-refractivity contribution in [3.63, 3.8) is 0 Å². The molecule has 34 heavy (non-hydrogen) atoms. The number of allylic oxidation sites excluding steroid dienone is 2. The Morgan fingerprint density at radius 1 is 0.559 bits per heavy atom. The van der Waals surface area contributed by atoms with Crippen molar-refractivity contribution in [2.75, 3.05) is 13.1 Å². The Balaban J connectivity index is 1.95. The maximum Gasteiger partial charge on any atom is 0.0852 e. The van der Waals surface area contributed by atoms with E-state index in [9.17, 15) is 0 Å². The SMILES string of the molecule is CC(C)(C)CNC1=CC(=NCc2ccccc2)C(=NCc2ccccc2)C=C1NCC(C)(C)C. The summed E-state index contributed by atoms with van der Waals surface area (Å²) in [5, 5.41) is 7.33. The van der Waals surface area contributed by atoms with Crippen LogP contribution in [0.3, 0.4) is 0 Å². The van der Waals surface area contributed by atoms with E-state index in [4.69, 9.17) is 9.98 Å². The highest BCUT2D eigenvalue weighted by molar-refractivity contribution is 6.51. The van der Waals surface area contributed by atoms with E-state index in [2.05, 4.69) is 113 Å². The third-order valence-electron chi connectivity index (χ3n) is 5.28. The fourth-order valence-corrected chi connectivity index (χ4v) is 3.36. The summed E-state index contributed by atoms with van der Waals surface area (Å²) in [6.45, 7) is 16.5. The molecule has 180 valence electrons. The normalized spacial score (nSPS) is 16.9. The Bertz CT molecular complexity index is 959. The molecule has 0 aliphatic heterocycles. The van der Waals surface area contributed by atoms with Crippen LogP contribution in [0.1, 0.15) is 52.7 Å². The van der Waals surface area contributed by atoms with Crippen molar-refractivity contribution in [3.8, 4) is 0 Å². The van der Waals surface area contributed by atoms with Gasteiger partial charge in [-0.25, -0.2) is 0 Å². The minimum absolute atomic E-state index is 0.166. The Morgan fingerprint density at radius 2 is 0.912 bits per heavy atom. The van der Waals surface area contributed by atoms with Gasteiger partial charge in [0.2, 0.25) is 0 Å². The number of hydrogen-bond acceptors (Lipinski definition) is 4. The van der Waals surface area contributed by atoms with Gasteiger partial charge in [-0.05, 0) is 34.1 Å². The predicted molar refractivity (Wildman–Crippen MR) is 146 cm³/mol. The van der Waals surface area contributed by atoms with Gasteiger partial charge in [0.25, 0.3) is 0 Å². The standard InChI is InChI=1S/C30H40N4/c1-29(2,3)21-33-27-17-25(31-19-23-13-9-7-10-14-23)26(18-28(27)34-22-30(4,5)6)32-20-24-15-11-8-12-16-24/h7-18,33-34H,19-22H2,1-6H3. The Morgan fingerprint density at radius 3 is 1.24 bits per heavy atom. The average molecular weight is 457 g/mol. The minimum Gasteiger partial charge on any atom is -0.383 e. The van der Waals surface area contributed by atoms with Crippen LogP contribution in [-0.2, 0) is 13.1 Å². The lowest BCUT2D eigenvalue weighted by Gasteiger charge is -2.28. The van der Waals surface area contributed by atoms with Crippen molar-refractivity contribution < 1.29 is 0 Å². The molecule has 0 aromatic heterocycles. The molecule has 3 rings (SSSR count). The summed E-state index contributed by atoms with van der Waals surface area (Å²) in [7, 11) is 0. The highest BCUT2D eigenvalue weighted by Crippen LogP contribution is 2.19. The molecular weight excluding hydrogens is 416 g/mol. The molecule has 0 amide bonds. The summed E-state index contributed by atoms with van der Waals surface area (Å²) in [5.74, 6) is 0. The zero-order valence-electron chi connectivity index (χ0n) is 21.7. The quantitative estimate of drug-likeness (QED) is 0.457. The molecule has 0 spiro atoms. The van der Waals surface area contributed by atoms with E-state index >= 15 is 0 Å². The zero-order valence-corrected chi connectivity index (χ0v) is 21.7. The van der Waals surface area contributed by atoms with Crippen LogP contribution < -0.4 is 10.6 Å². The summed E-state index contributed by atoms with van der Waals surface area (Å²) in [6, 6.07) is 20.8. The molecular formula is C30H40N4. The van der Waals surface area contributed by atoms with Gasteiger partial charge in [-0.2, -0.15) is 0 Å². The maximum atomic E-state index is 4.98. The summed E-state index contributed by atoms with van der Waals surface area (Å²) in [5.41, 5.74) is 6.69. The number of nitrogens with zero attached hydrogens (tertiary/aromatic N) is 2. The van der Waals surface area contributed by atoms with Crippen molar-refractivity contribution in [3.05, 3.63) is 95.3 Å². The predicted octanol–water partition coefficient (Wildman–Crippen LogP) is 6.32. The topological polar surface area (TPSA) is 48.8 Å². The fourth-order valence-electron chi connectivity index (χ4n) is 3.36. The first kappa shape index (κ1) is 25.5. The lowest BCUT2D eigenvalue weighted by Crippen LogP contribution is -2.36. The molecule has 4 nitrogen and oxygen atoms in total. The number of benzene rings is 2. The molecule has 0 bridgehead atoms. The van der Waals surface area contributed by atoms with Gasteiger partial charge in [-0.3, -0.25) is 9.98 Å². The van der Waals surface area contributed by atoms with Gasteiger partial charge in [0.05, 0.1) is 35.9 Å². The van der Waals surface area contributed by atoms with E-state index in [0.717, 1.165) is 35.9 Å². The number of aliphatic imine (C=N–C) groups is 2.